The van der Waals surface area contributed by atoms with E-state index in [4.69, 9.17) is 4.52 Å². The van der Waals surface area contributed by atoms with E-state index in [-0.39, 0.29) is 29.2 Å². The zero-order valence-corrected chi connectivity index (χ0v) is 17.1. The maximum atomic E-state index is 12.5. The Balaban J connectivity index is 1.78. The number of aliphatic imine (C=N–C) groups is 1. The first kappa shape index (κ1) is 20.5. The van der Waals surface area contributed by atoms with E-state index in [1.165, 1.54) is 0 Å². The third-order valence-corrected chi connectivity index (χ3v) is 5.48. The highest BCUT2D eigenvalue weighted by Crippen LogP contribution is 2.36. The lowest BCUT2D eigenvalue weighted by atomic mass is 9.76. The van der Waals surface area contributed by atoms with Gasteiger partial charge in [-0.25, -0.2) is 0 Å². The van der Waals surface area contributed by atoms with E-state index in [0.717, 1.165) is 31.4 Å². The van der Waals surface area contributed by atoms with Crippen molar-refractivity contribution in [3.05, 3.63) is 28.3 Å². The van der Waals surface area contributed by atoms with Crippen LogP contribution in [0.3, 0.4) is 0 Å². The van der Waals surface area contributed by atoms with Crippen molar-refractivity contribution >= 4 is 17.3 Å². The largest absolute Gasteiger partial charge is 0.511 e. The first-order valence-electron chi connectivity index (χ1n) is 10.3. The minimum atomic E-state index is -0.122. The van der Waals surface area contributed by atoms with Gasteiger partial charge >= 0.3 is 0 Å². The van der Waals surface area contributed by atoms with Crippen molar-refractivity contribution in [2.45, 2.75) is 78.6 Å². The molecular formula is C22H30N2O4. The quantitative estimate of drug-likeness (QED) is 0.439. The third-order valence-electron chi connectivity index (χ3n) is 5.48. The predicted octanol–water partition coefficient (Wildman–Crippen LogP) is 4.57. The van der Waals surface area contributed by atoms with E-state index in [1.54, 1.807) is 0 Å². The Bertz CT molecular complexity index is 830. The molecule has 0 aromatic carbocycles. The molecule has 28 heavy (non-hydrogen) atoms. The Hall–Kier alpha value is -2.24. The lowest BCUT2D eigenvalue weighted by Gasteiger charge is -2.26. The molecule has 0 amide bonds. The molecule has 6 heteroatoms. The minimum Gasteiger partial charge on any atom is -0.511 e. The minimum absolute atomic E-state index is 0.0426. The number of aliphatic hydroxyl groups excluding tert-OH is 1. The lowest BCUT2D eigenvalue weighted by molar-refractivity contribution is -0.115. The van der Waals surface area contributed by atoms with Gasteiger partial charge in [0.05, 0.1) is 16.8 Å². The molecule has 1 aromatic heterocycles. The topological polar surface area (TPSA) is 92.8 Å². The molecule has 0 saturated heterocycles. The van der Waals surface area contributed by atoms with Gasteiger partial charge in [0.15, 0.2) is 11.6 Å². The van der Waals surface area contributed by atoms with Crippen molar-refractivity contribution < 1.29 is 19.2 Å². The molecule has 0 unspecified atom stereocenters. The van der Waals surface area contributed by atoms with Gasteiger partial charge in [-0.3, -0.25) is 14.6 Å². The Kier molecular flexibility index (Phi) is 6.16. The Labute approximate surface area is 166 Å². The molecule has 0 aliphatic heterocycles. The number of hydrogen-bond donors (Lipinski definition) is 1. The number of aromatic nitrogens is 1. The summed E-state index contributed by atoms with van der Waals surface area (Å²) in [6.45, 7) is 6.86. The fourth-order valence-electron chi connectivity index (χ4n) is 4.04. The van der Waals surface area contributed by atoms with Gasteiger partial charge in [0.2, 0.25) is 0 Å². The Morgan fingerprint density at radius 2 is 2.00 bits per heavy atom. The molecular weight excluding hydrogens is 356 g/mol. The fraction of sp³-hybridized carbons (Fsp3) is 0.636. The second-order valence-corrected chi connectivity index (χ2v) is 8.65. The number of carbonyl (C=O) groups excluding carboxylic acids is 2. The number of rotatable bonds is 6. The number of nitrogens with zero attached hydrogens (tertiary/aromatic N) is 2. The van der Waals surface area contributed by atoms with Gasteiger partial charge in [0, 0.05) is 44.4 Å². The highest BCUT2D eigenvalue weighted by Gasteiger charge is 2.36. The molecule has 1 N–H and O–H groups in total. The summed E-state index contributed by atoms with van der Waals surface area (Å²) in [5, 5.41) is 14.7. The predicted molar refractivity (Wildman–Crippen MR) is 107 cm³/mol. The summed E-state index contributed by atoms with van der Waals surface area (Å²) in [4.78, 5) is 29.5. The van der Waals surface area contributed by atoms with Crippen molar-refractivity contribution in [3.8, 4) is 0 Å². The van der Waals surface area contributed by atoms with Gasteiger partial charge in [-0.2, -0.15) is 0 Å². The maximum Gasteiger partial charge on any atom is 0.168 e. The van der Waals surface area contributed by atoms with Crippen LogP contribution < -0.4 is 0 Å². The number of ketones is 2. The highest BCUT2D eigenvalue weighted by atomic mass is 16.5. The molecule has 6 nitrogen and oxygen atoms in total. The first-order valence-corrected chi connectivity index (χ1v) is 10.3. The average molecular weight is 386 g/mol. The SMILES string of the molecule is CCCCN=C1CCCC(=O)/C1=C(\O)CCc1noc2c1C(=O)CC(C)(C)C2. The van der Waals surface area contributed by atoms with E-state index in [9.17, 15) is 14.7 Å². The normalized spacial score (nSPS) is 22.5. The molecule has 1 aromatic rings. The highest BCUT2D eigenvalue weighted by molar-refractivity contribution is 6.24. The van der Waals surface area contributed by atoms with Gasteiger partial charge in [0.25, 0.3) is 0 Å². The molecule has 1 fully saturated rings. The van der Waals surface area contributed by atoms with Crippen LogP contribution in [0.15, 0.2) is 20.8 Å². The van der Waals surface area contributed by atoms with E-state index in [0.29, 0.717) is 54.8 Å². The van der Waals surface area contributed by atoms with Crippen LogP contribution in [0.4, 0.5) is 0 Å². The number of aryl methyl sites for hydroxylation is 1. The van der Waals surface area contributed by atoms with E-state index < -0.39 is 0 Å². The van der Waals surface area contributed by atoms with Crippen molar-refractivity contribution in [3.63, 3.8) is 0 Å². The van der Waals surface area contributed by atoms with E-state index >= 15 is 0 Å². The molecule has 1 heterocycles. The summed E-state index contributed by atoms with van der Waals surface area (Å²) in [7, 11) is 0. The number of Topliss-reactive ketones (excluding diaryl/α,β-unsaturated/α-hetero) is 2. The van der Waals surface area contributed by atoms with Crippen molar-refractivity contribution in [2.75, 3.05) is 6.54 Å². The van der Waals surface area contributed by atoms with Crippen LogP contribution in [-0.2, 0) is 17.6 Å². The first-order chi connectivity index (χ1) is 13.3. The van der Waals surface area contributed by atoms with Gasteiger partial charge in [-0.15, -0.1) is 0 Å². The summed E-state index contributed by atoms with van der Waals surface area (Å²) in [5.41, 5.74) is 2.14. The zero-order chi connectivity index (χ0) is 20.3. The van der Waals surface area contributed by atoms with Crippen LogP contribution in [0.5, 0.6) is 0 Å². The maximum absolute atomic E-state index is 12.5. The van der Waals surface area contributed by atoms with Gasteiger partial charge in [-0.1, -0.05) is 32.3 Å². The van der Waals surface area contributed by atoms with Gasteiger partial charge < -0.3 is 9.63 Å². The van der Waals surface area contributed by atoms with Crippen molar-refractivity contribution in [2.24, 2.45) is 10.4 Å². The molecule has 2 aliphatic carbocycles. The average Bonchev–Trinajstić information content (AvgIpc) is 3.02. The van der Waals surface area contributed by atoms with Crippen LogP contribution in [0, 0.1) is 5.41 Å². The lowest BCUT2D eigenvalue weighted by Crippen LogP contribution is -2.26. The molecule has 1 saturated carbocycles. The standard InChI is InChI=1S/C22H30N2O4/c1-4-5-11-23-14-7-6-8-16(25)20(14)17(26)10-9-15-21-18(27)12-22(2,3)13-19(21)28-24-15/h26H,4-13H2,1-3H3/b20-17-,23-14?. The van der Waals surface area contributed by atoms with E-state index in [1.807, 2.05) is 13.8 Å². The van der Waals surface area contributed by atoms with Crippen molar-refractivity contribution in [1.82, 2.24) is 5.16 Å². The number of carbonyl (C=O) groups is 2. The molecule has 0 atom stereocenters. The summed E-state index contributed by atoms with van der Waals surface area (Å²) in [5.74, 6) is 0.698. The number of allylic oxidation sites excluding steroid dienone is 2. The summed E-state index contributed by atoms with van der Waals surface area (Å²) in [6, 6.07) is 0. The fourth-order valence-corrected chi connectivity index (χ4v) is 4.04. The smallest absolute Gasteiger partial charge is 0.168 e. The molecule has 3 rings (SSSR count). The molecule has 2 aliphatic rings. The van der Waals surface area contributed by atoms with Crippen LogP contribution in [0.2, 0.25) is 0 Å². The molecule has 0 bridgehead atoms. The second-order valence-electron chi connectivity index (χ2n) is 8.65. The number of unbranched alkanes of at least 4 members (excludes halogenated alkanes) is 1. The monoisotopic (exact) mass is 386 g/mol. The number of hydrogen-bond acceptors (Lipinski definition) is 6. The summed E-state index contributed by atoms with van der Waals surface area (Å²) >= 11 is 0. The summed E-state index contributed by atoms with van der Waals surface area (Å²) in [6.07, 6.45) is 5.73. The number of aliphatic hydroxyl groups is 1. The van der Waals surface area contributed by atoms with Crippen LogP contribution in [0.1, 0.15) is 87.5 Å². The molecule has 152 valence electrons. The molecule has 0 radical (unpaired) electrons. The third kappa shape index (κ3) is 4.42. The molecule has 0 spiro atoms. The Morgan fingerprint density at radius 1 is 1.21 bits per heavy atom. The van der Waals surface area contributed by atoms with E-state index in [2.05, 4.69) is 17.1 Å². The van der Waals surface area contributed by atoms with Gasteiger partial charge in [-0.05, 0) is 24.7 Å². The van der Waals surface area contributed by atoms with Crippen LogP contribution >= 0.6 is 0 Å². The second kappa shape index (κ2) is 8.41. The van der Waals surface area contributed by atoms with Crippen LogP contribution in [0.25, 0.3) is 0 Å². The summed E-state index contributed by atoms with van der Waals surface area (Å²) < 4.78 is 5.42. The van der Waals surface area contributed by atoms with Crippen LogP contribution in [-0.4, -0.2) is 34.1 Å². The zero-order valence-electron chi connectivity index (χ0n) is 17.1. The Morgan fingerprint density at radius 3 is 2.75 bits per heavy atom. The number of fused-ring (bicyclic) bond motifs is 1. The van der Waals surface area contributed by atoms with Crippen molar-refractivity contribution in [1.29, 1.82) is 0 Å². The van der Waals surface area contributed by atoms with Gasteiger partial charge in [0.1, 0.15) is 11.5 Å².